The van der Waals surface area contributed by atoms with Gasteiger partial charge in [-0.1, -0.05) is 6.92 Å². The topological polar surface area (TPSA) is 93.2 Å². The summed E-state index contributed by atoms with van der Waals surface area (Å²) in [6, 6.07) is 3.85. The van der Waals surface area contributed by atoms with E-state index in [2.05, 4.69) is 0 Å². The molecule has 1 saturated heterocycles. The second-order valence-electron chi connectivity index (χ2n) is 5.12. The number of amides is 4. The van der Waals surface area contributed by atoms with Crippen LogP contribution in [0.2, 0.25) is 0 Å². The maximum absolute atomic E-state index is 12.5. The van der Waals surface area contributed by atoms with Crippen LogP contribution in [0.25, 0.3) is 0 Å². The summed E-state index contributed by atoms with van der Waals surface area (Å²) in [5.74, 6) is -1.71. The minimum atomic E-state index is -0.997. The molecule has 0 aromatic heterocycles. The van der Waals surface area contributed by atoms with E-state index in [1.54, 1.807) is 19.1 Å². The molecule has 1 heterocycles. The monoisotopic (exact) mass is 334 g/mol. The first-order valence-corrected chi connectivity index (χ1v) is 7.37. The Bertz CT molecular complexity index is 700. The number of urea groups is 1. The molecular weight excluding hydrogens is 316 g/mol. The molecular formula is C16H18N2O6. The number of nitrogens with zero attached hydrogens (tertiary/aromatic N) is 2. The molecule has 0 unspecified atom stereocenters. The zero-order valence-corrected chi connectivity index (χ0v) is 13.7. The standard InChI is InChI=1S/C16H18N2O6/c1-4-7-17-14(20)15(21)18(16(17)22)9-12(19)11-8-10(23-2)5-6-13(11)24-3/h5-6,8H,4,7,9H2,1-3H3. The first-order valence-electron chi connectivity index (χ1n) is 7.37. The van der Waals surface area contributed by atoms with Crippen LogP contribution < -0.4 is 9.47 Å². The van der Waals surface area contributed by atoms with Crippen molar-refractivity contribution >= 4 is 23.6 Å². The van der Waals surface area contributed by atoms with Crippen molar-refractivity contribution in [2.24, 2.45) is 0 Å². The van der Waals surface area contributed by atoms with E-state index < -0.39 is 30.2 Å². The third-order valence-corrected chi connectivity index (χ3v) is 3.59. The lowest BCUT2D eigenvalue weighted by atomic mass is 10.1. The number of carbonyl (C=O) groups excluding carboxylic acids is 4. The molecule has 1 aromatic rings. The first kappa shape index (κ1) is 17.5. The Kier molecular flexibility index (Phi) is 5.18. The van der Waals surface area contributed by atoms with E-state index >= 15 is 0 Å². The number of Topliss-reactive ketones (excluding diaryl/α,β-unsaturated/α-hetero) is 1. The summed E-state index contributed by atoms with van der Waals surface area (Å²) in [6.07, 6.45) is 0.524. The average molecular weight is 334 g/mol. The third kappa shape index (κ3) is 3.08. The molecule has 0 saturated carbocycles. The molecule has 8 nitrogen and oxygen atoms in total. The lowest BCUT2D eigenvalue weighted by Gasteiger charge is -2.15. The molecule has 0 atom stereocenters. The van der Waals surface area contributed by atoms with Crippen molar-refractivity contribution in [3.63, 3.8) is 0 Å². The highest BCUT2D eigenvalue weighted by molar-refractivity contribution is 6.45. The van der Waals surface area contributed by atoms with Crippen molar-refractivity contribution in [3.8, 4) is 11.5 Å². The fourth-order valence-corrected chi connectivity index (χ4v) is 2.37. The summed E-state index contributed by atoms with van der Waals surface area (Å²) in [5.41, 5.74) is 0.166. The molecule has 8 heteroatoms. The van der Waals surface area contributed by atoms with Crippen LogP contribution >= 0.6 is 0 Å². The maximum atomic E-state index is 12.5. The molecule has 0 N–H and O–H groups in total. The molecule has 0 radical (unpaired) electrons. The Morgan fingerprint density at radius 1 is 1.04 bits per heavy atom. The zero-order valence-electron chi connectivity index (χ0n) is 13.7. The Labute approximate surface area is 138 Å². The molecule has 1 aliphatic heterocycles. The van der Waals surface area contributed by atoms with Crippen LogP contribution in [-0.2, 0) is 9.59 Å². The van der Waals surface area contributed by atoms with Crippen LogP contribution in [-0.4, -0.2) is 60.7 Å². The van der Waals surface area contributed by atoms with Crippen molar-refractivity contribution in [1.29, 1.82) is 0 Å². The Hall–Kier alpha value is -2.90. The van der Waals surface area contributed by atoms with Crippen molar-refractivity contribution in [1.82, 2.24) is 9.80 Å². The van der Waals surface area contributed by atoms with Crippen LogP contribution in [0.1, 0.15) is 23.7 Å². The molecule has 1 fully saturated rings. The van der Waals surface area contributed by atoms with Gasteiger partial charge in [-0.05, 0) is 24.6 Å². The van der Waals surface area contributed by atoms with Gasteiger partial charge < -0.3 is 9.47 Å². The molecule has 24 heavy (non-hydrogen) atoms. The van der Waals surface area contributed by atoms with Gasteiger partial charge in [0.2, 0.25) is 0 Å². The molecule has 1 aliphatic rings. The predicted molar refractivity (Wildman–Crippen MR) is 83.0 cm³/mol. The average Bonchev–Trinajstić information content (AvgIpc) is 2.79. The number of carbonyl (C=O) groups is 4. The van der Waals surface area contributed by atoms with Gasteiger partial charge in [-0.25, -0.2) is 9.69 Å². The zero-order chi connectivity index (χ0) is 17.9. The van der Waals surface area contributed by atoms with E-state index in [1.807, 2.05) is 0 Å². The highest BCUT2D eigenvalue weighted by Crippen LogP contribution is 2.25. The van der Waals surface area contributed by atoms with Crippen LogP contribution in [0, 0.1) is 0 Å². The van der Waals surface area contributed by atoms with Gasteiger partial charge in [0.15, 0.2) is 5.78 Å². The van der Waals surface area contributed by atoms with Gasteiger partial charge in [-0.2, -0.15) is 0 Å². The number of methoxy groups -OCH3 is 2. The second-order valence-corrected chi connectivity index (χ2v) is 5.12. The fraction of sp³-hybridized carbons (Fsp3) is 0.375. The van der Waals surface area contributed by atoms with E-state index in [0.29, 0.717) is 17.1 Å². The van der Waals surface area contributed by atoms with Crippen LogP contribution in [0.15, 0.2) is 18.2 Å². The van der Waals surface area contributed by atoms with Crippen molar-refractivity contribution < 1.29 is 28.7 Å². The van der Waals surface area contributed by atoms with Crippen molar-refractivity contribution in [2.45, 2.75) is 13.3 Å². The van der Waals surface area contributed by atoms with Gasteiger partial charge in [0.05, 0.1) is 26.3 Å². The van der Waals surface area contributed by atoms with Gasteiger partial charge >= 0.3 is 17.8 Å². The summed E-state index contributed by atoms with van der Waals surface area (Å²) in [5, 5.41) is 0. The van der Waals surface area contributed by atoms with Crippen molar-refractivity contribution in [3.05, 3.63) is 23.8 Å². The van der Waals surface area contributed by atoms with Crippen LogP contribution in [0.4, 0.5) is 4.79 Å². The Morgan fingerprint density at radius 3 is 2.29 bits per heavy atom. The third-order valence-electron chi connectivity index (χ3n) is 3.59. The minimum Gasteiger partial charge on any atom is -0.497 e. The van der Waals surface area contributed by atoms with Gasteiger partial charge in [0.25, 0.3) is 0 Å². The lowest BCUT2D eigenvalue weighted by Crippen LogP contribution is -2.37. The van der Waals surface area contributed by atoms with E-state index in [4.69, 9.17) is 9.47 Å². The molecule has 0 bridgehead atoms. The molecule has 0 spiro atoms. The van der Waals surface area contributed by atoms with E-state index in [0.717, 1.165) is 4.90 Å². The van der Waals surface area contributed by atoms with Gasteiger partial charge in [0.1, 0.15) is 11.5 Å². The summed E-state index contributed by atoms with van der Waals surface area (Å²) < 4.78 is 10.2. The largest absolute Gasteiger partial charge is 0.497 e. The second kappa shape index (κ2) is 7.12. The van der Waals surface area contributed by atoms with Gasteiger partial charge in [0, 0.05) is 6.54 Å². The minimum absolute atomic E-state index is 0.135. The highest BCUT2D eigenvalue weighted by Gasteiger charge is 2.44. The van der Waals surface area contributed by atoms with E-state index in [9.17, 15) is 19.2 Å². The summed E-state index contributed by atoms with van der Waals surface area (Å²) in [7, 11) is 2.85. The number of benzene rings is 1. The van der Waals surface area contributed by atoms with Crippen molar-refractivity contribution in [2.75, 3.05) is 27.3 Å². The normalized spacial score (nSPS) is 14.4. The van der Waals surface area contributed by atoms with E-state index in [1.165, 1.54) is 20.3 Å². The number of hydrogen-bond donors (Lipinski definition) is 0. The highest BCUT2D eigenvalue weighted by atomic mass is 16.5. The lowest BCUT2D eigenvalue weighted by molar-refractivity contribution is -0.143. The number of ether oxygens (including phenoxy) is 2. The summed E-state index contributed by atoms with van der Waals surface area (Å²) in [6.45, 7) is 1.38. The Balaban J connectivity index is 2.25. The van der Waals surface area contributed by atoms with Crippen LogP contribution in [0.3, 0.4) is 0 Å². The SMILES string of the molecule is CCCN1C(=O)C(=O)N(CC(=O)c2cc(OC)ccc2OC)C1=O. The molecule has 0 aliphatic carbocycles. The number of ketones is 1. The fourth-order valence-electron chi connectivity index (χ4n) is 2.37. The van der Waals surface area contributed by atoms with E-state index in [-0.39, 0.29) is 17.9 Å². The molecule has 2 rings (SSSR count). The maximum Gasteiger partial charge on any atom is 0.334 e. The summed E-state index contributed by atoms with van der Waals surface area (Å²) >= 11 is 0. The number of imide groups is 2. The molecule has 128 valence electrons. The number of hydrogen-bond acceptors (Lipinski definition) is 6. The Morgan fingerprint density at radius 2 is 1.71 bits per heavy atom. The quantitative estimate of drug-likeness (QED) is 0.421. The van der Waals surface area contributed by atoms with Crippen LogP contribution in [0.5, 0.6) is 11.5 Å². The summed E-state index contributed by atoms with van der Waals surface area (Å²) in [4.78, 5) is 49.9. The van der Waals surface area contributed by atoms with Gasteiger partial charge in [-0.3, -0.25) is 19.3 Å². The predicted octanol–water partition coefficient (Wildman–Crippen LogP) is 1.09. The molecule has 4 amide bonds. The van der Waals surface area contributed by atoms with Gasteiger partial charge in [-0.15, -0.1) is 0 Å². The number of rotatable bonds is 7. The first-order chi connectivity index (χ1) is 11.4. The smallest absolute Gasteiger partial charge is 0.334 e. The molecule has 1 aromatic carbocycles.